The maximum absolute atomic E-state index is 13.5. The summed E-state index contributed by atoms with van der Waals surface area (Å²) >= 11 is 0. The average Bonchev–Trinajstić information content (AvgIpc) is 2.49. The van der Waals surface area contributed by atoms with Gasteiger partial charge in [-0.15, -0.1) is 0 Å². The first-order valence-electron chi connectivity index (χ1n) is 6.97. The van der Waals surface area contributed by atoms with Crippen molar-refractivity contribution in [2.75, 3.05) is 5.73 Å². The molecule has 1 heterocycles. The molecule has 0 aliphatic carbocycles. The van der Waals surface area contributed by atoms with E-state index in [0.29, 0.717) is 0 Å². The van der Waals surface area contributed by atoms with E-state index in [1.807, 2.05) is 0 Å². The summed E-state index contributed by atoms with van der Waals surface area (Å²) in [5.74, 6) is -2.61. The van der Waals surface area contributed by atoms with Gasteiger partial charge in [-0.25, -0.2) is 4.79 Å². The van der Waals surface area contributed by atoms with Gasteiger partial charge in [-0.1, -0.05) is 0 Å². The molecule has 0 unspecified atom stereocenters. The number of carboxylic acids is 1. The van der Waals surface area contributed by atoms with Crippen LogP contribution >= 0.6 is 0 Å². The second-order valence-corrected chi connectivity index (χ2v) is 5.30. The number of nitrogens with two attached hydrogens (primary N) is 2. The predicted molar refractivity (Wildman–Crippen MR) is 81.1 cm³/mol. The molecule has 7 nitrogen and oxygen atoms in total. The fourth-order valence-electron chi connectivity index (χ4n) is 2.30. The molecule has 1 atom stereocenters. The van der Waals surface area contributed by atoms with E-state index in [-0.39, 0.29) is 5.69 Å². The molecular formula is C15H13F3N2O5. The Morgan fingerprint density at radius 3 is 2.48 bits per heavy atom. The Hall–Kier alpha value is -2.88. The van der Waals surface area contributed by atoms with Gasteiger partial charge < -0.3 is 21.0 Å². The van der Waals surface area contributed by atoms with E-state index in [1.54, 1.807) is 0 Å². The Morgan fingerprint density at radius 2 is 1.92 bits per heavy atom. The summed E-state index contributed by atoms with van der Waals surface area (Å²) in [7, 11) is 0. The van der Waals surface area contributed by atoms with Crippen molar-refractivity contribution >= 4 is 28.4 Å². The normalized spacial score (nSPS) is 13.0. The van der Waals surface area contributed by atoms with Gasteiger partial charge in [-0.2, -0.15) is 13.2 Å². The topological polar surface area (TPSA) is 137 Å². The number of fused-ring (bicyclic) bond motifs is 1. The Kier molecular flexibility index (Phi) is 4.84. The molecule has 0 aliphatic rings. The third kappa shape index (κ3) is 3.79. The summed E-state index contributed by atoms with van der Waals surface area (Å²) in [5, 5.41) is 8.17. The maximum Gasteiger partial charge on any atom is 0.418 e. The maximum atomic E-state index is 13.5. The number of benzene rings is 1. The number of carboxylic acid groups (broad SMARTS) is 1. The summed E-state index contributed by atoms with van der Waals surface area (Å²) in [4.78, 5) is 34.7. The van der Waals surface area contributed by atoms with Crippen molar-refractivity contribution in [1.82, 2.24) is 0 Å². The van der Waals surface area contributed by atoms with Crippen LogP contribution < -0.4 is 17.1 Å². The monoisotopic (exact) mass is 358 g/mol. The van der Waals surface area contributed by atoms with E-state index >= 15 is 0 Å². The Labute approximate surface area is 138 Å². The molecule has 25 heavy (non-hydrogen) atoms. The van der Waals surface area contributed by atoms with Gasteiger partial charge in [0.2, 0.25) is 0 Å². The van der Waals surface area contributed by atoms with Crippen LogP contribution in [0.2, 0.25) is 0 Å². The van der Waals surface area contributed by atoms with Crippen LogP contribution in [0, 0.1) is 0 Å². The summed E-state index contributed by atoms with van der Waals surface area (Å²) in [5.41, 5.74) is 6.27. The predicted octanol–water partition coefficient (Wildman–Crippen LogP) is 1.77. The van der Waals surface area contributed by atoms with Gasteiger partial charge in [0, 0.05) is 23.6 Å². The molecule has 10 heteroatoms. The number of ketones is 1. The Morgan fingerprint density at radius 1 is 1.28 bits per heavy atom. The molecule has 1 aromatic carbocycles. The first-order chi connectivity index (χ1) is 11.5. The number of alkyl halides is 3. The van der Waals surface area contributed by atoms with E-state index in [0.717, 1.165) is 12.1 Å². The standard InChI is InChI=1S/C15H13F3N2O5/c16-15(17,18)12-7-2-1-6(19)5-10(7)25-14(24)11(12)9(21)4-3-8(20)13(22)23/h1-2,5,8H,3-4,19-20H2,(H,22,23)/t8-/m0/s1. The zero-order chi connectivity index (χ0) is 18.9. The van der Waals surface area contributed by atoms with Crippen LogP contribution in [0.4, 0.5) is 18.9 Å². The van der Waals surface area contributed by atoms with Crippen LogP contribution in [0.5, 0.6) is 0 Å². The van der Waals surface area contributed by atoms with Crippen LogP contribution in [0.15, 0.2) is 27.4 Å². The van der Waals surface area contributed by atoms with Gasteiger partial charge in [0.1, 0.15) is 17.2 Å². The number of hydrogen-bond donors (Lipinski definition) is 3. The number of carbonyl (C=O) groups excluding carboxylic acids is 1. The van der Waals surface area contributed by atoms with Gasteiger partial charge in [0.15, 0.2) is 5.78 Å². The Bertz CT molecular complexity index is 904. The molecule has 0 radical (unpaired) electrons. The van der Waals surface area contributed by atoms with Crippen LogP contribution in [-0.2, 0) is 11.0 Å². The largest absolute Gasteiger partial charge is 0.480 e. The minimum Gasteiger partial charge on any atom is -0.480 e. The van der Waals surface area contributed by atoms with Gasteiger partial charge in [-0.3, -0.25) is 9.59 Å². The molecule has 0 aliphatic heterocycles. The lowest BCUT2D eigenvalue weighted by Crippen LogP contribution is -2.31. The number of hydrogen-bond acceptors (Lipinski definition) is 6. The second-order valence-electron chi connectivity index (χ2n) is 5.30. The SMILES string of the molecule is Nc1ccc2c(C(F)(F)F)c(C(=O)CC[C@H](N)C(=O)O)c(=O)oc2c1. The Balaban J connectivity index is 2.61. The molecule has 0 bridgehead atoms. The smallest absolute Gasteiger partial charge is 0.418 e. The fraction of sp³-hybridized carbons (Fsp3) is 0.267. The molecule has 2 rings (SSSR count). The average molecular weight is 358 g/mol. The second kappa shape index (κ2) is 6.55. The fourth-order valence-corrected chi connectivity index (χ4v) is 2.30. The number of anilines is 1. The number of rotatable bonds is 5. The number of halogens is 3. The van der Waals surface area contributed by atoms with Gasteiger partial charge in [0.25, 0.3) is 0 Å². The highest BCUT2D eigenvalue weighted by molar-refractivity contribution is 6.01. The number of nitrogen functional groups attached to an aromatic ring is 1. The van der Waals surface area contributed by atoms with Crippen LogP contribution in [0.1, 0.15) is 28.8 Å². The van der Waals surface area contributed by atoms with Crippen LogP contribution in [0.25, 0.3) is 11.0 Å². The van der Waals surface area contributed by atoms with E-state index in [1.165, 1.54) is 6.07 Å². The molecule has 0 saturated heterocycles. The van der Waals surface area contributed by atoms with E-state index in [4.69, 9.17) is 21.0 Å². The molecule has 0 spiro atoms. The zero-order valence-corrected chi connectivity index (χ0v) is 12.6. The first-order valence-corrected chi connectivity index (χ1v) is 6.97. The molecule has 0 fully saturated rings. The third-order valence-electron chi connectivity index (χ3n) is 3.49. The molecule has 0 amide bonds. The van der Waals surface area contributed by atoms with Crippen molar-refractivity contribution in [3.63, 3.8) is 0 Å². The summed E-state index contributed by atoms with van der Waals surface area (Å²) in [6, 6.07) is 1.77. The first kappa shape index (κ1) is 18.5. The number of carbonyl (C=O) groups is 2. The lowest BCUT2D eigenvalue weighted by atomic mass is 9.97. The lowest BCUT2D eigenvalue weighted by molar-refractivity contribution is -0.139. The van der Waals surface area contributed by atoms with Crippen molar-refractivity contribution in [2.24, 2.45) is 5.73 Å². The molecule has 1 aromatic heterocycles. The van der Waals surface area contributed by atoms with Crippen molar-refractivity contribution in [3.8, 4) is 0 Å². The molecule has 0 saturated carbocycles. The number of aliphatic carboxylic acids is 1. The van der Waals surface area contributed by atoms with E-state index in [2.05, 4.69) is 0 Å². The van der Waals surface area contributed by atoms with E-state index in [9.17, 15) is 27.6 Å². The number of Topliss-reactive ketones (excluding diaryl/α,β-unsaturated/α-hetero) is 1. The molecular weight excluding hydrogens is 345 g/mol. The van der Waals surface area contributed by atoms with Gasteiger partial charge >= 0.3 is 17.8 Å². The van der Waals surface area contributed by atoms with Crippen molar-refractivity contribution < 1.29 is 32.3 Å². The molecule has 2 aromatic rings. The van der Waals surface area contributed by atoms with E-state index < -0.39 is 64.5 Å². The quantitative estimate of drug-likeness (QED) is 0.421. The zero-order valence-electron chi connectivity index (χ0n) is 12.6. The van der Waals surface area contributed by atoms with Crippen molar-refractivity contribution in [1.29, 1.82) is 0 Å². The minimum atomic E-state index is -5.01. The van der Waals surface area contributed by atoms with Crippen molar-refractivity contribution in [2.45, 2.75) is 25.1 Å². The highest BCUT2D eigenvalue weighted by atomic mass is 19.4. The van der Waals surface area contributed by atoms with Gasteiger partial charge in [-0.05, 0) is 18.6 Å². The van der Waals surface area contributed by atoms with Crippen molar-refractivity contribution in [3.05, 3.63) is 39.7 Å². The summed E-state index contributed by atoms with van der Waals surface area (Å²) < 4.78 is 45.2. The molecule has 134 valence electrons. The summed E-state index contributed by atoms with van der Waals surface area (Å²) in [6.07, 6.45) is -6.09. The van der Waals surface area contributed by atoms with Crippen LogP contribution in [0.3, 0.4) is 0 Å². The molecule has 5 N–H and O–H groups in total. The highest BCUT2D eigenvalue weighted by Gasteiger charge is 2.39. The van der Waals surface area contributed by atoms with Gasteiger partial charge in [0.05, 0.1) is 5.56 Å². The minimum absolute atomic E-state index is 0.0790. The highest BCUT2D eigenvalue weighted by Crippen LogP contribution is 2.37. The summed E-state index contributed by atoms with van der Waals surface area (Å²) in [6.45, 7) is 0. The third-order valence-corrected chi connectivity index (χ3v) is 3.49. The lowest BCUT2D eigenvalue weighted by Gasteiger charge is -2.14. The van der Waals surface area contributed by atoms with Crippen LogP contribution in [-0.4, -0.2) is 22.9 Å².